The Labute approximate surface area is 337 Å². The summed E-state index contributed by atoms with van der Waals surface area (Å²) in [6.07, 6.45) is 0. The second-order valence-corrected chi connectivity index (χ2v) is 13.3. The Morgan fingerprint density at radius 1 is 0.375 bits per heavy atom. The summed E-state index contributed by atoms with van der Waals surface area (Å²) < 4.78 is 90.0. The van der Waals surface area contributed by atoms with Crippen molar-refractivity contribution in [3.05, 3.63) is 200 Å². The predicted octanol–water partition coefficient (Wildman–Crippen LogP) is 12.7. The molecule has 3 heterocycles. The molecule has 0 amide bonds. The highest BCUT2D eigenvalue weighted by molar-refractivity contribution is 6.26. The third-order valence-corrected chi connectivity index (χ3v) is 10.1. The lowest BCUT2D eigenvalue weighted by molar-refractivity contribution is 0.953. The average molecular weight is 726 g/mol. The van der Waals surface area contributed by atoms with E-state index in [1.807, 2.05) is 84.9 Å². The normalized spacial score (nSPS) is 14.1. The predicted molar refractivity (Wildman–Crippen MR) is 230 cm³/mol. The van der Waals surface area contributed by atoms with E-state index in [-0.39, 0.29) is 28.7 Å². The SMILES string of the molecule is [2H]c1c([2H])c([2H])c(-c2nc(-c3c([2H])c([2H])c([2H])c([2H])c3[2H])nc(-n3c4ccccc4c4c3ccc3c5ccccc5n(-c5cc(-c6ccccc6)cc(-c6ccccc6)c5)c34)n2)c([2H])c1[2H]. The molecule has 5 heteroatoms. The molecule has 0 unspecified atom stereocenters. The van der Waals surface area contributed by atoms with Crippen molar-refractivity contribution < 1.29 is 13.7 Å². The first kappa shape index (κ1) is 23.2. The standard InChI is InChI=1S/C51H33N5/c1-5-17-34(18-6-1)38-31-39(35-19-7-2-8-20-35)33-40(32-38)55-44-27-15-13-25-41(44)42-29-30-46-47(48(42)55)43-26-14-16-28-45(43)56(46)51-53-49(36-21-9-3-10-22-36)52-50(54-51)37-23-11-4-12-24-37/h1-33H/i3D,4D,9D,10D,11D,12D,21D,22D,23D,24D. The molecule has 0 aliphatic carbocycles. The zero-order valence-electron chi connectivity index (χ0n) is 39.5. The van der Waals surface area contributed by atoms with E-state index in [0.29, 0.717) is 11.0 Å². The van der Waals surface area contributed by atoms with Crippen LogP contribution in [0.2, 0.25) is 0 Å². The van der Waals surface area contributed by atoms with Crippen molar-refractivity contribution in [2.75, 3.05) is 0 Å². The molecule has 11 rings (SSSR count). The molecule has 0 aliphatic rings. The number of fused-ring (bicyclic) bond motifs is 7. The van der Waals surface area contributed by atoms with Crippen LogP contribution < -0.4 is 0 Å². The number of hydrogen-bond donors (Lipinski definition) is 0. The first-order valence-corrected chi connectivity index (χ1v) is 18.1. The summed E-state index contributed by atoms with van der Waals surface area (Å²) in [6, 6.07) is 41.0. The molecular formula is C51H33N5. The molecule has 8 aromatic carbocycles. The fourth-order valence-corrected chi connectivity index (χ4v) is 7.74. The zero-order chi connectivity index (χ0) is 45.7. The van der Waals surface area contributed by atoms with Crippen molar-refractivity contribution in [1.82, 2.24) is 24.1 Å². The van der Waals surface area contributed by atoms with Crippen LogP contribution in [0.15, 0.2) is 200 Å². The molecule has 11 aromatic rings. The van der Waals surface area contributed by atoms with Crippen LogP contribution in [-0.2, 0) is 0 Å². The van der Waals surface area contributed by atoms with Crippen molar-refractivity contribution in [3.63, 3.8) is 0 Å². The molecular weight excluding hydrogens is 683 g/mol. The van der Waals surface area contributed by atoms with Gasteiger partial charge in [-0.3, -0.25) is 4.57 Å². The van der Waals surface area contributed by atoms with Gasteiger partial charge in [0.25, 0.3) is 0 Å². The van der Waals surface area contributed by atoms with Crippen LogP contribution in [0, 0.1) is 0 Å². The Balaban J connectivity index is 1.27. The van der Waals surface area contributed by atoms with Gasteiger partial charge in [0.1, 0.15) is 0 Å². The number of para-hydroxylation sites is 2. The second kappa shape index (κ2) is 13.0. The van der Waals surface area contributed by atoms with Crippen LogP contribution in [0.4, 0.5) is 0 Å². The van der Waals surface area contributed by atoms with E-state index in [2.05, 4.69) is 64.1 Å². The largest absolute Gasteiger partial charge is 0.308 e. The van der Waals surface area contributed by atoms with Crippen LogP contribution in [0.25, 0.3) is 100 Å². The maximum absolute atomic E-state index is 8.88. The molecule has 0 N–H and O–H groups in total. The van der Waals surface area contributed by atoms with Gasteiger partial charge in [0.2, 0.25) is 5.95 Å². The van der Waals surface area contributed by atoms with E-state index in [9.17, 15) is 0 Å². The molecule has 0 atom stereocenters. The number of benzene rings is 8. The molecule has 0 saturated heterocycles. The number of nitrogens with zero attached hydrogens (tertiary/aromatic N) is 5. The molecule has 56 heavy (non-hydrogen) atoms. The smallest absolute Gasteiger partial charge is 0.238 e. The highest BCUT2D eigenvalue weighted by atomic mass is 15.2. The lowest BCUT2D eigenvalue weighted by Crippen LogP contribution is -2.06. The van der Waals surface area contributed by atoms with Gasteiger partial charge in [-0.05, 0) is 58.7 Å². The molecule has 5 nitrogen and oxygen atoms in total. The summed E-state index contributed by atoms with van der Waals surface area (Å²) in [4.78, 5) is 14.2. The van der Waals surface area contributed by atoms with E-state index < -0.39 is 60.4 Å². The minimum Gasteiger partial charge on any atom is -0.308 e. The van der Waals surface area contributed by atoms with Gasteiger partial charge in [-0.25, -0.2) is 4.98 Å². The van der Waals surface area contributed by atoms with Gasteiger partial charge in [0, 0.05) is 38.4 Å². The van der Waals surface area contributed by atoms with Gasteiger partial charge in [-0.2, -0.15) is 9.97 Å². The summed E-state index contributed by atoms with van der Waals surface area (Å²) >= 11 is 0. The lowest BCUT2D eigenvalue weighted by atomic mass is 9.98. The maximum atomic E-state index is 8.88. The van der Waals surface area contributed by atoms with E-state index >= 15 is 0 Å². The Morgan fingerprint density at radius 3 is 1.48 bits per heavy atom. The van der Waals surface area contributed by atoms with E-state index in [1.54, 1.807) is 4.57 Å². The highest BCUT2D eigenvalue weighted by Crippen LogP contribution is 2.43. The summed E-state index contributed by atoms with van der Waals surface area (Å²) in [5.41, 5.74) is 7.53. The quantitative estimate of drug-likeness (QED) is 0.171. The molecule has 0 aliphatic heterocycles. The van der Waals surface area contributed by atoms with Crippen molar-refractivity contribution in [2.45, 2.75) is 0 Å². The summed E-state index contributed by atoms with van der Waals surface area (Å²) in [5, 5.41) is 3.64. The molecule has 3 aromatic heterocycles. The van der Waals surface area contributed by atoms with Crippen molar-refractivity contribution in [2.24, 2.45) is 0 Å². The molecule has 262 valence electrons. The Kier molecular flexibility index (Phi) is 5.41. The zero-order valence-corrected chi connectivity index (χ0v) is 29.5. The van der Waals surface area contributed by atoms with E-state index in [0.717, 1.165) is 60.5 Å². The fraction of sp³-hybridized carbons (Fsp3) is 0. The number of hydrogen-bond acceptors (Lipinski definition) is 3. The number of rotatable bonds is 6. The van der Waals surface area contributed by atoms with Gasteiger partial charge in [-0.15, -0.1) is 0 Å². The first-order valence-electron chi connectivity index (χ1n) is 23.1. The van der Waals surface area contributed by atoms with Crippen LogP contribution in [-0.4, -0.2) is 24.1 Å². The van der Waals surface area contributed by atoms with Gasteiger partial charge in [-0.1, -0.05) is 164 Å². The van der Waals surface area contributed by atoms with Gasteiger partial charge in [0.05, 0.1) is 35.8 Å². The first-order chi connectivity index (χ1) is 31.9. The van der Waals surface area contributed by atoms with E-state index in [4.69, 9.17) is 23.7 Å². The van der Waals surface area contributed by atoms with Crippen LogP contribution in [0.5, 0.6) is 0 Å². The average Bonchev–Trinajstić information content (AvgIpc) is 3.87. The molecule has 0 saturated carbocycles. The fourth-order valence-electron chi connectivity index (χ4n) is 7.74. The highest BCUT2D eigenvalue weighted by Gasteiger charge is 2.23. The summed E-state index contributed by atoms with van der Waals surface area (Å²) in [5.74, 6) is -0.753. The Hall–Kier alpha value is -7.63. The van der Waals surface area contributed by atoms with Crippen LogP contribution in [0.1, 0.15) is 13.7 Å². The molecule has 0 radical (unpaired) electrons. The third kappa shape index (κ3) is 5.21. The van der Waals surface area contributed by atoms with E-state index in [1.165, 1.54) is 0 Å². The minimum atomic E-state index is -0.615. The second-order valence-electron chi connectivity index (χ2n) is 13.3. The molecule has 0 spiro atoms. The minimum absolute atomic E-state index is 0.0701. The van der Waals surface area contributed by atoms with Crippen molar-refractivity contribution in [1.29, 1.82) is 0 Å². The van der Waals surface area contributed by atoms with Gasteiger partial charge >= 0.3 is 0 Å². The van der Waals surface area contributed by atoms with Crippen molar-refractivity contribution in [3.8, 4) is 56.7 Å². The van der Waals surface area contributed by atoms with Crippen LogP contribution in [0.3, 0.4) is 0 Å². The van der Waals surface area contributed by atoms with Crippen molar-refractivity contribution >= 4 is 43.6 Å². The Bertz CT molecular complexity index is 3630. The topological polar surface area (TPSA) is 48.5 Å². The van der Waals surface area contributed by atoms with Gasteiger partial charge in [0.15, 0.2) is 11.6 Å². The summed E-state index contributed by atoms with van der Waals surface area (Å²) in [7, 11) is 0. The monoisotopic (exact) mass is 725 g/mol. The summed E-state index contributed by atoms with van der Waals surface area (Å²) in [6.45, 7) is 0. The molecule has 0 fully saturated rings. The third-order valence-electron chi connectivity index (χ3n) is 10.1. The van der Waals surface area contributed by atoms with Crippen LogP contribution >= 0.6 is 0 Å². The maximum Gasteiger partial charge on any atom is 0.238 e. The lowest BCUT2D eigenvalue weighted by Gasteiger charge is -2.15. The number of aromatic nitrogens is 5. The molecule has 0 bridgehead atoms. The van der Waals surface area contributed by atoms with Gasteiger partial charge < -0.3 is 4.57 Å². The Morgan fingerprint density at radius 2 is 0.893 bits per heavy atom.